The van der Waals surface area contributed by atoms with Crippen LogP contribution in [0.3, 0.4) is 0 Å². The summed E-state index contributed by atoms with van der Waals surface area (Å²) in [4.78, 5) is 27.1. The van der Waals surface area contributed by atoms with Gasteiger partial charge in [-0.1, -0.05) is 29.8 Å². The maximum absolute atomic E-state index is 12.9. The van der Waals surface area contributed by atoms with Crippen molar-refractivity contribution in [1.29, 1.82) is 0 Å². The van der Waals surface area contributed by atoms with Crippen molar-refractivity contribution in [3.05, 3.63) is 80.6 Å². The highest BCUT2D eigenvalue weighted by atomic mass is 35.5. The molecule has 150 valence electrons. The van der Waals surface area contributed by atoms with E-state index in [9.17, 15) is 9.59 Å². The SMILES string of the molecule is NC(=O)c1cn(Cc2ccc(Cl)cc2)c2ccc(CN3CCOCC3)cc2c1=O. The maximum atomic E-state index is 12.9. The average Bonchev–Trinajstić information content (AvgIpc) is 2.72. The molecule has 1 aromatic heterocycles. The van der Waals surface area contributed by atoms with Crippen LogP contribution in [0.1, 0.15) is 21.5 Å². The van der Waals surface area contributed by atoms with Gasteiger partial charge in [-0.25, -0.2) is 0 Å². The summed E-state index contributed by atoms with van der Waals surface area (Å²) < 4.78 is 7.28. The van der Waals surface area contributed by atoms with Crippen LogP contribution in [0.4, 0.5) is 0 Å². The standard InChI is InChI=1S/C22H22ClN3O3/c23-17-4-1-15(2-5-17)13-26-14-19(22(24)28)21(27)18-11-16(3-6-20(18)26)12-25-7-9-29-10-8-25/h1-6,11,14H,7-10,12-13H2,(H2,24,28). The minimum Gasteiger partial charge on any atom is -0.379 e. The number of benzene rings is 2. The Morgan fingerprint density at radius 2 is 1.72 bits per heavy atom. The van der Waals surface area contributed by atoms with Gasteiger partial charge >= 0.3 is 0 Å². The van der Waals surface area contributed by atoms with Gasteiger partial charge in [-0.15, -0.1) is 0 Å². The number of halogens is 1. The highest BCUT2D eigenvalue weighted by Gasteiger charge is 2.16. The Morgan fingerprint density at radius 3 is 2.41 bits per heavy atom. The maximum Gasteiger partial charge on any atom is 0.254 e. The minimum atomic E-state index is -0.722. The molecular weight excluding hydrogens is 390 g/mol. The summed E-state index contributed by atoms with van der Waals surface area (Å²) in [7, 11) is 0. The first-order chi connectivity index (χ1) is 14.0. The molecule has 2 heterocycles. The van der Waals surface area contributed by atoms with Gasteiger partial charge in [0.2, 0.25) is 5.43 Å². The van der Waals surface area contributed by atoms with Gasteiger partial charge in [0, 0.05) is 42.8 Å². The van der Waals surface area contributed by atoms with Gasteiger partial charge in [0.1, 0.15) is 5.56 Å². The largest absolute Gasteiger partial charge is 0.379 e. The first kappa shape index (κ1) is 19.6. The highest BCUT2D eigenvalue weighted by molar-refractivity contribution is 6.30. The second-order valence-electron chi connectivity index (χ2n) is 7.23. The van der Waals surface area contributed by atoms with Crippen molar-refractivity contribution in [3.63, 3.8) is 0 Å². The van der Waals surface area contributed by atoms with E-state index in [1.54, 1.807) is 6.20 Å². The van der Waals surface area contributed by atoms with Crippen LogP contribution >= 0.6 is 11.6 Å². The number of fused-ring (bicyclic) bond motifs is 1. The molecule has 1 saturated heterocycles. The van der Waals surface area contributed by atoms with Crippen molar-refractivity contribution in [2.75, 3.05) is 26.3 Å². The second-order valence-corrected chi connectivity index (χ2v) is 7.67. The summed E-state index contributed by atoms with van der Waals surface area (Å²) in [5.74, 6) is -0.722. The fourth-order valence-electron chi connectivity index (χ4n) is 3.65. The van der Waals surface area contributed by atoms with Crippen LogP contribution in [-0.4, -0.2) is 41.7 Å². The van der Waals surface area contributed by atoms with Crippen LogP contribution in [-0.2, 0) is 17.8 Å². The predicted molar refractivity (Wildman–Crippen MR) is 113 cm³/mol. The van der Waals surface area contributed by atoms with Crippen LogP contribution in [0.5, 0.6) is 0 Å². The zero-order valence-corrected chi connectivity index (χ0v) is 16.7. The number of carbonyl (C=O) groups excluding carboxylic acids is 1. The van der Waals surface area contributed by atoms with E-state index >= 15 is 0 Å². The first-order valence-corrected chi connectivity index (χ1v) is 9.89. The quantitative estimate of drug-likeness (QED) is 0.700. The Morgan fingerprint density at radius 1 is 1.03 bits per heavy atom. The summed E-state index contributed by atoms with van der Waals surface area (Å²) in [5.41, 5.74) is 7.94. The molecule has 0 radical (unpaired) electrons. The molecule has 2 N–H and O–H groups in total. The summed E-state index contributed by atoms with van der Waals surface area (Å²) in [6, 6.07) is 13.3. The lowest BCUT2D eigenvalue weighted by Crippen LogP contribution is -2.35. The third-order valence-electron chi connectivity index (χ3n) is 5.19. The molecule has 7 heteroatoms. The molecule has 1 amide bonds. The molecule has 1 aliphatic heterocycles. The molecule has 3 aromatic rings. The van der Waals surface area contributed by atoms with Gasteiger partial charge in [-0.3, -0.25) is 14.5 Å². The van der Waals surface area contributed by atoms with Crippen LogP contribution in [0.15, 0.2) is 53.5 Å². The van der Waals surface area contributed by atoms with Gasteiger partial charge in [-0.2, -0.15) is 0 Å². The lowest BCUT2D eigenvalue weighted by Gasteiger charge is -2.26. The summed E-state index contributed by atoms with van der Waals surface area (Å²) in [5, 5.41) is 1.16. The molecular formula is C22H22ClN3O3. The van der Waals surface area contributed by atoms with Crippen molar-refractivity contribution in [3.8, 4) is 0 Å². The Labute approximate surface area is 173 Å². The molecule has 1 aliphatic rings. The topological polar surface area (TPSA) is 77.6 Å². The van der Waals surface area contributed by atoms with Crippen LogP contribution < -0.4 is 11.2 Å². The second kappa shape index (κ2) is 8.37. The van der Waals surface area contributed by atoms with Gasteiger partial charge in [0.15, 0.2) is 0 Å². The van der Waals surface area contributed by atoms with E-state index in [1.807, 2.05) is 47.0 Å². The molecule has 4 rings (SSSR count). The zero-order valence-electron chi connectivity index (χ0n) is 15.9. The molecule has 0 saturated carbocycles. The number of nitrogens with zero attached hydrogens (tertiary/aromatic N) is 2. The average molecular weight is 412 g/mol. The van der Waals surface area contributed by atoms with Crippen LogP contribution in [0.2, 0.25) is 5.02 Å². The Kier molecular flexibility index (Phi) is 5.67. The summed E-state index contributed by atoms with van der Waals surface area (Å²) in [6.45, 7) is 4.38. The minimum absolute atomic E-state index is 0.00464. The van der Waals surface area contributed by atoms with E-state index in [0.29, 0.717) is 30.2 Å². The number of ether oxygens (including phenoxy) is 1. The Hall–Kier alpha value is -2.67. The smallest absolute Gasteiger partial charge is 0.254 e. The number of pyridine rings is 1. The Bertz CT molecular complexity index is 1100. The Balaban J connectivity index is 1.76. The molecule has 29 heavy (non-hydrogen) atoms. The van der Waals surface area contributed by atoms with Gasteiger partial charge < -0.3 is 15.0 Å². The number of amides is 1. The van der Waals surface area contributed by atoms with E-state index in [-0.39, 0.29) is 11.0 Å². The van der Waals surface area contributed by atoms with Crippen molar-refractivity contribution in [2.45, 2.75) is 13.1 Å². The molecule has 1 fully saturated rings. The normalized spacial score (nSPS) is 14.9. The molecule has 0 atom stereocenters. The van der Waals surface area contributed by atoms with Crippen LogP contribution in [0.25, 0.3) is 10.9 Å². The van der Waals surface area contributed by atoms with E-state index in [2.05, 4.69) is 4.90 Å². The highest BCUT2D eigenvalue weighted by Crippen LogP contribution is 2.19. The number of aromatic nitrogens is 1. The molecule has 0 spiro atoms. The summed E-state index contributed by atoms with van der Waals surface area (Å²) in [6.07, 6.45) is 1.54. The van der Waals surface area contributed by atoms with Crippen molar-refractivity contribution in [1.82, 2.24) is 9.47 Å². The fourth-order valence-corrected chi connectivity index (χ4v) is 3.78. The lowest BCUT2D eigenvalue weighted by molar-refractivity contribution is 0.0342. The molecule has 2 aromatic carbocycles. The number of primary amides is 1. The van der Waals surface area contributed by atoms with Gasteiger partial charge in [0.05, 0.1) is 18.7 Å². The van der Waals surface area contributed by atoms with Crippen molar-refractivity contribution >= 4 is 28.4 Å². The molecule has 0 bridgehead atoms. The van der Waals surface area contributed by atoms with E-state index in [4.69, 9.17) is 22.1 Å². The van der Waals surface area contributed by atoms with E-state index < -0.39 is 5.91 Å². The number of carbonyl (C=O) groups is 1. The van der Waals surface area contributed by atoms with Gasteiger partial charge in [-0.05, 0) is 35.4 Å². The molecule has 0 aliphatic carbocycles. The lowest BCUT2D eigenvalue weighted by atomic mass is 10.1. The monoisotopic (exact) mass is 411 g/mol. The third-order valence-corrected chi connectivity index (χ3v) is 5.44. The van der Waals surface area contributed by atoms with Crippen molar-refractivity contribution < 1.29 is 9.53 Å². The zero-order chi connectivity index (χ0) is 20.4. The van der Waals surface area contributed by atoms with Crippen molar-refractivity contribution in [2.24, 2.45) is 5.73 Å². The predicted octanol–water partition coefficient (Wildman–Crippen LogP) is 2.63. The molecule has 0 unspecified atom stereocenters. The molecule has 6 nitrogen and oxygen atoms in total. The number of hydrogen-bond acceptors (Lipinski definition) is 4. The third kappa shape index (κ3) is 4.34. The summed E-state index contributed by atoms with van der Waals surface area (Å²) >= 11 is 5.97. The van der Waals surface area contributed by atoms with E-state index in [1.165, 1.54) is 0 Å². The number of rotatable bonds is 5. The van der Waals surface area contributed by atoms with Crippen LogP contribution in [0, 0.1) is 0 Å². The number of nitrogens with two attached hydrogens (primary N) is 1. The number of morpholine rings is 1. The first-order valence-electron chi connectivity index (χ1n) is 9.52. The fraction of sp³-hybridized carbons (Fsp3) is 0.273. The van der Waals surface area contributed by atoms with E-state index in [0.717, 1.165) is 36.3 Å². The van der Waals surface area contributed by atoms with Gasteiger partial charge in [0.25, 0.3) is 5.91 Å². The number of hydrogen-bond donors (Lipinski definition) is 1.